The molecular weight excluding hydrogens is 252 g/mol. The Kier molecular flexibility index (Phi) is 11.3. The summed E-state index contributed by atoms with van der Waals surface area (Å²) in [4.78, 5) is 13.5. The molecule has 0 aromatic carbocycles. The van der Waals surface area contributed by atoms with Crippen molar-refractivity contribution in [3.63, 3.8) is 0 Å². The molecule has 0 spiro atoms. The zero-order valence-electron chi connectivity index (χ0n) is 11.0. The monoisotopic (exact) mass is 278 g/mol. The van der Waals surface area contributed by atoms with Crippen LogP contribution in [0, 0.1) is 0 Å². The number of hydrogen-bond acceptors (Lipinski definition) is 4. The van der Waals surface area contributed by atoms with E-state index in [1.54, 1.807) is 0 Å². The summed E-state index contributed by atoms with van der Waals surface area (Å²) in [7, 11) is 4.00. The SMILES string of the molecule is CN(C)CCNC(=O)CCCCC(S)CCS. The first-order chi connectivity index (χ1) is 8.06. The van der Waals surface area contributed by atoms with E-state index in [9.17, 15) is 4.79 Å². The molecule has 0 aliphatic carbocycles. The molecule has 102 valence electrons. The number of carbonyl (C=O) groups excluding carboxylic acids is 1. The van der Waals surface area contributed by atoms with Gasteiger partial charge in [0, 0.05) is 24.8 Å². The number of likely N-dealkylation sites (N-methyl/N-ethyl adjacent to an activating group) is 1. The first kappa shape index (κ1) is 17.1. The van der Waals surface area contributed by atoms with Gasteiger partial charge >= 0.3 is 0 Å². The van der Waals surface area contributed by atoms with Gasteiger partial charge in [0.25, 0.3) is 0 Å². The van der Waals surface area contributed by atoms with Gasteiger partial charge in [-0.05, 0) is 39.1 Å². The van der Waals surface area contributed by atoms with Gasteiger partial charge in [0.05, 0.1) is 0 Å². The lowest BCUT2D eigenvalue weighted by Gasteiger charge is -2.11. The molecule has 5 heteroatoms. The lowest BCUT2D eigenvalue weighted by atomic mass is 10.1. The van der Waals surface area contributed by atoms with Gasteiger partial charge in [0.2, 0.25) is 5.91 Å². The minimum absolute atomic E-state index is 0.164. The smallest absolute Gasteiger partial charge is 0.220 e. The maximum atomic E-state index is 11.4. The summed E-state index contributed by atoms with van der Waals surface area (Å²) in [5, 5.41) is 3.35. The van der Waals surface area contributed by atoms with Crippen molar-refractivity contribution in [2.45, 2.75) is 37.4 Å². The van der Waals surface area contributed by atoms with Crippen LogP contribution < -0.4 is 5.32 Å². The third kappa shape index (κ3) is 12.4. The molecule has 0 radical (unpaired) electrons. The molecule has 17 heavy (non-hydrogen) atoms. The predicted octanol–water partition coefficient (Wildman–Crippen LogP) is 1.84. The van der Waals surface area contributed by atoms with E-state index in [-0.39, 0.29) is 5.91 Å². The summed E-state index contributed by atoms with van der Waals surface area (Å²) in [6.07, 6.45) is 4.78. The standard InChI is InChI=1S/C12H26N2OS2/c1-14(2)9-8-13-12(15)6-4-3-5-11(17)7-10-16/h11,16-17H,3-10H2,1-2H3,(H,13,15). The van der Waals surface area contributed by atoms with E-state index in [1.807, 2.05) is 14.1 Å². The summed E-state index contributed by atoms with van der Waals surface area (Å²) < 4.78 is 0. The summed E-state index contributed by atoms with van der Waals surface area (Å²) in [5.74, 6) is 1.05. The first-order valence-electron chi connectivity index (χ1n) is 6.26. The van der Waals surface area contributed by atoms with Gasteiger partial charge in [-0.25, -0.2) is 0 Å². The number of unbranched alkanes of at least 4 members (excludes halogenated alkanes) is 1. The van der Waals surface area contributed by atoms with E-state index in [1.165, 1.54) is 0 Å². The number of nitrogens with one attached hydrogen (secondary N) is 1. The third-order valence-corrected chi connectivity index (χ3v) is 3.31. The normalized spacial score (nSPS) is 12.8. The van der Waals surface area contributed by atoms with Crippen molar-refractivity contribution >= 4 is 31.2 Å². The molecule has 1 N–H and O–H groups in total. The van der Waals surface area contributed by atoms with Gasteiger partial charge in [-0.2, -0.15) is 25.3 Å². The Morgan fingerprint density at radius 1 is 1.29 bits per heavy atom. The summed E-state index contributed by atoms with van der Waals surface area (Å²) in [6.45, 7) is 1.63. The Morgan fingerprint density at radius 2 is 2.00 bits per heavy atom. The summed E-state index contributed by atoms with van der Waals surface area (Å²) in [6, 6.07) is 0. The molecule has 0 aromatic heterocycles. The minimum Gasteiger partial charge on any atom is -0.355 e. The van der Waals surface area contributed by atoms with Crippen LogP contribution in [0.2, 0.25) is 0 Å². The van der Waals surface area contributed by atoms with Crippen molar-refractivity contribution < 1.29 is 4.79 Å². The zero-order chi connectivity index (χ0) is 13.1. The fourth-order valence-electron chi connectivity index (χ4n) is 1.47. The van der Waals surface area contributed by atoms with Crippen LogP contribution in [0.4, 0.5) is 0 Å². The van der Waals surface area contributed by atoms with Crippen molar-refractivity contribution in [1.29, 1.82) is 0 Å². The molecule has 0 rings (SSSR count). The van der Waals surface area contributed by atoms with Crippen LogP contribution in [-0.4, -0.2) is 49.0 Å². The lowest BCUT2D eigenvalue weighted by molar-refractivity contribution is -0.121. The van der Waals surface area contributed by atoms with E-state index in [4.69, 9.17) is 0 Å². The second kappa shape index (κ2) is 11.2. The van der Waals surface area contributed by atoms with E-state index in [2.05, 4.69) is 35.5 Å². The highest BCUT2D eigenvalue weighted by molar-refractivity contribution is 7.81. The molecular formula is C12H26N2OS2. The van der Waals surface area contributed by atoms with Gasteiger partial charge in [-0.3, -0.25) is 4.79 Å². The van der Waals surface area contributed by atoms with E-state index in [0.717, 1.165) is 44.5 Å². The largest absolute Gasteiger partial charge is 0.355 e. The first-order valence-corrected chi connectivity index (χ1v) is 7.41. The molecule has 0 saturated heterocycles. The molecule has 1 atom stereocenters. The quantitative estimate of drug-likeness (QED) is 0.421. The van der Waals surface area contributed by atoms with Crippen LogP contribution in [0.25, 0.3) is 0 Å². The van der Waals surface area contributed by atoms with Crippen molar-refractivity contribution in [1.82, 2.24) is 10.2 Å². The van der Waals surface area contributed by atoms with Crippen LogP contribution in [0.15, 0.2) is 0 Å². The van der Waals surface area contributed by atoms with Crippen molar-refractivity contribution in [3.8, 4) is 0 Å². The van der Waals surface area contributed by atoms with Gasteiger partial charge in [-0.1, -0.05) is 6.42 Å². The third-order valence-electron chi connectivity index (χ3n) is 2.53. The Morgan fingerprint density at radius 3 is 2.59 bits per heavy atom. The molecule has 0 bridgehead atoms. The average molecular weight is 278 g/mol. The zero-order valence-corrected chi connectivity index (χ0v) is 12.8. The van der Waals surface area contributed by atoms with E-state index < -0.39 is 0 Å². The summed E-state index contributed by atoms with van der Waals surface area (Å²) >= 11 is 8.63. The highest BCUT2D eigenvalue weighted by Gasteiger charge is 2.04. The fraction of sp³-hybridized carbons (Fsp3) is 0.917. The Labute approximate surface area is 117 Å². The van der Waals surface area contributed by atoms with E-state index in [0.29, 0.717) is 11.7 Å². The number of nitrogens with zero attached hydrogens (tertiary/aromatic N) is 1. The maximum Gasteiger partial charge on any atom is 0.220 e. The Hall–Kier alpha value is 0.130. The molecule has 0 aliphatic heterocycles. The number of amides is 1. The molecule has 1 unspecified atom stereocenters. The van der Waals surface area contributed by atoms with Gasteiger partial charge in [0.1, 0.15) is 0 Å². The van der Waals surface area contributed by atoms with Crippen LogP contribution in [0.1, 0.15) is 32.1 Å². The number of hydrogen-bond donors (Lipinski definition) is 3. The van der Waals surface area contributed by atoms with Crippen LogP contribution >= 0.6 is 25.3 Å². The van der Waals surface area contributed by atoms with Crippen LogP contribution in [-0.2, 0) is 4.79 Å². The van der Waals surface area contributed by atoms with E-state index >= 15 is 0 Å². The Balaban J connectivity index is 3.33. The van der Waals surface area contributed by atoms with Gasteiger partial charge in [-0.15, -0.1) is 0 Å². The second-order valence-electron chi connectivity index (χ2n) is 4.57. The van der Waals surface area contributed by atoms with Crippen LogP contribution in [0.5, 0.6) is 0 Å². The molecule has 0 aliphatic rings. The van der Waals surface area contributed by atoms with Crippen molar-refractivity contribution in [2.75, 3.05) is 32.9 Å². The molecule has 0 fully saturated rings. The number of thiol groups is 2. The molecule has 3 nitrogen and oxygen atoms in total. The summed E-state index contributed by atoms with van der Waals surface area (Å²) in [5.41, 5.74) is 0. The topological polar surface area (TPSA) is 32.3 Å². The molecule has 0 aromatic rings. The second-order valence-corrected chi connectivity index (χ2v) is 5.74. The minimum atomic E-state index is 0.164. The molecule has 0 saturated carbocycles. The molecule has 0 heterocycles. The van der Waals surface area contributed by atoms with Gasteiger partial charge < -0.3 is 10.2 Å². The highest BCUT2D eigenvalue weighted by Crippen LogP contribution is 2.12. The van der Waals surface area contributed by atoms with Gasteiger partial charge in [0.15, 0.2) is 0 Å². The Bertz CT molecular complexity index is 201. The predicted molar refractivity (Wildman–Crippen MR) is 81.3 cm³/mol. The van der Waals surface area contributed by atoms with Crippen molar-refractivity contribution in [2.24, 2.45) is 0 Å². The lowest BCUT2D eigenvalue weighted by Crippen LogP contribution is -2.31. The average Bonchev–Trinajstić information content (AvgIpc) is 2.24. The molecule has 1 amide bonds. The van der Waals surface area contributed by atoms with Crippen LogP contribution in [0.3, 0.4) is 0 Å². The number of carbonyl (C=O) groups is 1. The van der Waals surface area contributed by atoms with Crippen molar-refractivity contribution in [3.05, 3.63) is 0 Å². The highest BCUT2D eigenvalue weighted by atomic mass is 32.1. The number of rotatable bonds is 10. The fourth-order valence-corrected chi connectivity index (χ4v) is 2.29. The maximum absolute atomic E-state index is 11.4.